The van der Waals surface area contributed by atoms with E-state index >= 15 is 0 Å². The van der Waals surface area contributed by atoms with Gasteiger partial charge in [-0.1, -0.05) is 11.8 Å². The van der Waals surface area contributed by atoms with Gasteiger partial charge < -0.3 is 14.4 Å². The fraction of sp³-hybridized carbons (Fsp3) is 0.667. The Balaban J connectivity index is 2.80. The summed E-state index contributed by atoms with van der Waals surface area (Å²) in [6.07, 6.45) is 1.76. The molecule has 0 aliphatic carbocycles. The Hall–Kier alpha value is -1.01. The first-order chi connectivity index (χ1) is 8.35. The first-order valence-corrected chi connectivity index (χ1v) is 6.85. The van der Waals surface area contributed by atoms with Crippen molar-refractivity contribution in [3.8, 4) is 0 Å². The molecule has 0 unspecified atom stereocenters. The molecule has 0 fully saturated rings. The van der Waals surface area contributed by atoms with Crippen molar-refractivity contribution < 1.29 is 14.6 Å². The molecule has 0 amide bonds. The van der Waals surface area contributed by atoms with Gasteiger partial charge in [-0.15, -0.1) is 0 Å². The second-order valence-electron chi connectivity index (χ2n) is 4.64. The SMILES string of the molecule is CCOC(C)(C)Cn1c(C)cnc1SCC(=O)O. The summed E-state index contributed by atoms with van der Waals surface area (Å²) in [5.41, 5.74) is 0.717. The highest BCUT2D eigenvalue weighted by atomic mass is 32.2. The van der Waals surface area contributed by atoms with Crippen molar-refractivity contribution in [1.82, 2.24) is 9.55 Å². The van der Waals surface area contributed by atoms with Crippen molar-refractivity contribution >= 4 is 17.7 Å². The number of aliphatic carboxylic acids is 1. The van der Waals surface area contributed by atoms with Gasteiger partial charge in [0.05, 0.1) is 17.9 Å². The van der Waals surface area contributed by atoms with Crippen molar-refractivity contribution in [3.63, 3.8) is 0 Å². The average Bonchev–Trinajstić information content (AvgIpc) is 2.57. The molecule has 0 saturated carbocycles. The van der Waals surface area contributed by atoms with E-state index in [1.54, 1.807) is 6.20 Å². The number of aryl methyl sites for hydroxylation is 1. The zero-order chi connectivity index (χ0) is 13.8. The molecule has 18 heavy (non-hydrogen) atoms. The maximum absolute atomic E-state index is 10.6. The zero-order valence-electron chi connectivity index (χ0n) is 11.3. The van der Waals surface area contributed by atoms with Crippen LogP contribution in [-0.4, -0.2) is 38.6 Å². The fourth-order valence-electron chi connectivity index (χ4n) is 1.69. The summed E-state index contributed by atoms with van der Waals surface area (Å²) >= 11 is 1.23. The summed E-state index contributed by atoms with van der Waals surface area (Å²) < 4.78 is 7.67. The largest absolute Gasteiger partial charge is 0.481 e. The molecule has 0 atom stereocenters. The van der Waals surface area contributed by atoms with Crippen LogP contribution < -0.4 is 0 Å². The number of hydrogen-bond acceptors (Lipinski definition) is 4. The number of imidazole rings is 1. The van der Waals surface area contributed by atoms with Crippen LogP contribution >= 0.6 is 11.8 Å². The molecule has 1 aromatic heterocycles. The number of aromatic nitrogens is 2. The number of carboxylic acids is 1. The third kappa shape index (κ3) is 4.34. The Kier molecular flexibility index (Phi) is 5.22. The topological polar surface area (TPSA) is 64.4 Å². The lowest BCUT2D eigenvalue weighted by Crippen LogP contribution is -2.31. The molecule has 0 radical (unpaired) electrons. The molecule has 0 aromatic carbocycles. The number of ether oxygens (including phenoxy) is 1. The quantitative estimate of drug-likeness (QED) is 0.771. The molecule has 5 nitrogen and oxygen atoms in total. The van der Waals surface area contributed by atoms with Gasteiger partial charge in [-0.05, 0) is 27.7 Å². The molecule has 6 heteroatoms. The van der Waals surface area contributed by atoms with E-state index in [0.29, 0.717) is 13.2 Å². The van der Waals surface area contributed by atoms with Crippen LogP contribution in [0.15, 0.2) is 11.4 Å². The van der Waals surface area contributed by atoms with Crippen LogP contribution in [-0.2, 0) is 16.1 Å². The molecule has 0 bridgehead atoms. The van der Waals surface area contributed by atoms with E-state index in [4.69, 9.17) is 9.84 Å². The third-order valence-electron chi connectivity index (χ3n) is 2.42. The number of carbonyl (C=O) groups is 1. The van der Waals surface area contributed by atoms with Crippen LogP contribution in [0.2, 0.25) is 0 Å². The Bertz CT molecular complexity index is 415. The van der Waals surface area contributed by atoms with Crippen molar-refractivity contribution in [2.24, 2.45) is 0 Å². The third-order valence-corrected chi connectivity index (χ3v) is 3.39. The van der Waals surface area contributed by atoms with Crippen molar-refractivity contribution in [2.75, 3.05) is 12.4 Å². The minimum atomic E-state index is -0.837. The van der Waals surface area contributed by atoms with Gasteiger partial charge in [0.15, 0.2) is 5.16 Å². The van der Waals surface area contributed by atoms with E-state index in [9.17, 15) is 4.79 Å². The lowest BCUT2D eigenvalue weighted by molar-refractivity contribution is -0.133. The summed E-state index contributed by atoms with van der Waals surface area (Å²) in [5.74, 6) is -0.817. The number of rotatable bonds is 7. The van der Waals surface area contributed by atoms with Gasteiger partial charge in [-0.2, -0.15) is 0 Å². The standard InChI is InChI=1S/C12H20N2O3S/c1-5-17-12(3,4)8-14-9(2)6-13-11(14)18-7-10(15)16/h6H,5,7-8H2,1-4H3,(H,15,16). The molecule has 1 rings (SSSR count). The predicted molar refractivity (Wildman–Crippen MR) is 71.0 cm³/mol. The van der Waals surface area contributed by atoms with E-state index in [-0.39, 0.29) is 11.4 Å². The molecule has 1 heterocycles. The molecule has 1 aromatic rings. The Morgan fingerprint density at radius 1 is 1.61 bits per heavy atom. The maximum atomic E-state index is 10.6. The van der Waals surface area contributed by atoms with Crippen LogP contribution in [0.25, 0.3) is 0 Å². The van der Waals surface area contributed by atoms with E-state index in [1.165, 1.54) is 11.8 Å². The van der Waals surface area contributed by atoms with E-state index in [2.05, 4.69) is 4.98 Å². The second-order valence-corrected chi connectivity index (χ2v) is 5.59. The van der Waals surface area contributed by atoms with Crippen LogP contribution in [0.5, 0.6) is 0 Å². The fourth-order valence-corrected chi connectivity index (χ4v) is 2.43. The maximum Gasteiger partial charge on any atom is 0.313 e. The lowest BCUT2D eigenvalue weighted by atomic mass is 10.1. The lowest BCUT2D eigenvalue weighted by Gasteiger charge is -2.26. The molecular formula is C12H20N2O3S. The van der Waals surface area contributed by atoms with Gasteiger partial charge in [-0.25, -0.2) is 4.98 Å². The molecule has 0 spiro atoms. The second kappa shape index (κ2) is 6.24. The van der Waals surface area contributed by atoms with Gasteiger partial charge in [0.1, 0.15) is 0 Å². The minimum absolute atomic E-state index is 0.0194. The van der Waals surface area contributed by atoms with Crippen molar-refractivity contribution in [3.05, 3.63) is 11.9 Å². The monoisotopic (exact) mass is 272 g/mol. The Morgan fingerprint density at radius 3 is 2.83 bits per heavy atom. The van der Waals surface area contributed by atoms with Gasteiger partial charge >= 0.3 is 5.97 Å². The zero-order valence-corrected chi connectivity index (χ0v) is 12.1. The predicted octanol–water partition coefficient (Wildman–Crippen LogP) is 2.18. The van der Waals surface area contributed by atoms with Gasteiger partial charge in [0.25, 0.3) is 0 Å². The highest BCUT2D eigenvalue weighted by Crippen LogP contribution is 2.22. The van der Waals surface area contributed by atoms with Gasteiger partial charge in [0.2, 0.25) is 0 Å². The van der Waals surface area contributed by atoms with Crippen molar-refractivity contribution in [1.29, 1.82) is 0 Å². The number of hydrogen-bond donors (Lipinski definition) is 1. The number of carboxylic acid groups (broad SMARTS) is 1. The Morgan fingerprint density at radius 2 is 2.28 bits per heavy atom. The smallest absolute Gasteiger partial charge is 0.313 e. The summed E-state index contributed by atoms with van der Waals surface area (Å²) in [5, 5.41) is 9.43. The van der Waals surface area contributed by atoms with Crippen LogP contribution in [0, 0.1) is 6.92 Å². The molecule has 0 aliphatic rings. The van der Waals surface area contributed by atoms with E-state index in [1.807, 2.05) is 32.3 Å². The van der Waals surface area contributed by atoms with E-state index < -0.39 is 5.97 Å². The summed E-state index contributed by atoms with van der Waals surface area (Å²) in [7, 11) is 0. The molecule has 102 valence electrons. The van der Waals surface area contributed by atoms with Gasteiger partial charge in [-0.3, -0.25) is 4.79 Å². The first kappa shape index (κ1) is 15.0. The summed E-state index contributed by atoms with van der Waals surface area (Å²) in [4.78, 5) is 14.8. The van der Waals surface area contributed by atoms with Crippen LogP contribution in [0.3, 0.4) is 0 Å². The highest BCUT2D eigenvalue weighted by molar-refractivity contribution is 7.99. The normalized spacial score (nSPS) is 11.8. The summed E-state index contributed by atoms with van der Waals surface area (Å²) in [6.45, 7) is 9.26. The van der Waals surface area contributed by atoms with Crippen LogP contribution in [0.1, 0.15) is 26.5 Å². The molecule has 0 saturated heterocycles. The first-order valence-electron chi connectivity index (χ1n) is 5.86. The Labute approximate surface area is 112 Å². The molecule has 0 aliphatic heterocycles. The molecular weight excluding hydrogens is 252 g/mol. The minimum Gasteiger partial charge on any atom is -0.481 e. The van der Waals surface area contributed by atoms with Gasteiger partial charge in [0, 0.05) is 18.5 Å². The number of nitrogens with zero attached hydrogens (tertiary/aromatic N) is 2. The average molecular weight is 272 g/mol. The van der Waals surface area contributed by atoms with E-state index in [0.717, 1.165) is 10.9 Å². The number of thioether (sulfide) groups is 1. The molecule has 1 N–H and O–H groups in total. The van der Waals surface area contributed by atoms with Crippen LogP contribution in [0.4, 0.5) is 0 Å². The summed E-state index contributed by atoms with van der Waals surface area (Å²) in [6, 6.07) is 0. The van der Waals surface area contributed by atoms with Crippen molar-refractivity contribution in [2.45, 2.75) is 45.0 Å². The highest BCUT2D eigenvalue weighted by Gasteiger charge is 2.21.